The van der Waals surface area contributed by atoms with Gasteiger partial charge >= 0.3 is 44.9 Å². The van der Waals surface area contributed by atoms with Crippen molar-refractivity contribution in [3.8, 4) is 0 Å². The van der Waals surface area contributed by atoms with E-state index in [2.05, 4.69) is 6.58 Å². The Bertz CT molecular complexity index is 549. The first-order valence-corrected chi connectivity index (χ1v) is 6.83. The van der Waals surface area contributed by atoms with Crippen molar-refractivity contribution < 1.29 is 57.1 Å². The Kier molecular flexibility index (Phi) is 7.48. The molecular formula is C12H14F3NaO3S. The van der Waals surface area contributed by atoms with Gasteiger partial charge in [-0.25, -0.2) is 4.39 Å². The average Bonchev–Trinajstić information content (AvgIpc) is 2.35. The first kappa shape index (κ1) is 19.7. The van der Waals surface area contributed by atoms with Gasteiger partial charge in [0.25, 0.3) is 0 Å². The summed E-state index contributed by atoms with van der Waals surface area (Å²) in [6.07, 6.45) is -2.14. The molecule has 0 spiro atoms. The molecule has 20 heavy (non-hydrogen) atoms. The monoisotopic (exact) mass is 318 g/mol. The third-order valence-corrected chi connectivity index (χ3v) is 3.55. The summed E-state index contributed by atoms with van der Waals surface area (Å²) < 4.78 is 68.0. The van der Waals surface area contributed by atoms with E-state index >= 15 is 0 Å². The van der Waals surface area contributed by atoms with Gasteiger partial charge in [0.2, 0.25) is 0 Å². The number of alkyl halides is 3. The number of halogens is 3. The number of hydrogen-bond acceptors (Lipinski definition) is 2. The van der Waals surface area contributed by atoms with Crippen molar-refractivity contribution in [1.82, 2.24) is 0 Å². The minimum absolute atomic E-state index is 0. The minimum Gasteiger partial charge on any atom is -1.00 e. The van der Waals surface area contributed by atoms with E-state index < -0.39 is 28.0 Å². The van der Waals surface area contributed by atoms with Gasteiger partial charge in [-0.3, -0.25) is 4.55 Å². The van der Waals surface area contributed by atoms with Gasteiger partial charge in [0.05, 0.1) is 0 Å². The molecule has 3 nitrogen and oxygen atoms in total. The fourth-order valence-corrected chi connectivity index (χ4v) is 1.88. The second-order valence-corrected chi connectivity index (χ2v) is 5.48. The van der Waals surface area contributed by atoms with Crippen LogP contribution in [0.25, 0.3) is 6.08 Å². The molecule has 1 atom stereocenters. The Morgan fingerprint density at radius 2 is 1.85 bits per heavy atom. The Hall–Kier alpha value is -0.340. The summed E-state index contributed by atoms with van der Waals surface area (Å²) in [7, 11) is -5.74. The third-order valence-electron chi connectivity index (χ3n) is 2.61. The molecule has 1 rings (SSSR count). The van der Waals surface area contributed by atoms with Crippen molar-refractivity contribution in [1.29, 1.82) is 0 Å². The molecule has 0 saturated carbocycles. The van der Waals surface area contributed by atoms with Gasteiger partial charge in [0.15, 0.2) is 6.17 Å². The zero-order valence-corrected chi connectivity index (χ0v) is 13.7. The van der Waals surface area contributed by atoms with Crippen LogP contribution in [0.15, 0.2) is 30.8 Å². The van der Waals surface area contributed by atoms with Crippen molar-refractivity contribution in [2.75, 3.05) is 0 Å². The molecule has 0 fully saturated rings. The van der Waals surface area contributed by atoms with E-state index in [9.17, 15) is 21.6 Å². The van der Waals surface area contributed by atoms with Crippen LogP contribution in [0.1, 0.15) is 19.0 Å². The maximum absolute atomic E-state index is 13.2. The standard InChI is InChI=1S/C12H13F3O3S.Na.H/c1-2-9-3-5-10(6-4-9)7-8-11(13)12(14,15)19(16,17)18;;/h2-6,11H,1,7-8H2,(H,16,17,18);;/q;+1;-1. The molecule has 108 valence electrons. The minimum atomic E-state index is -5.74. The smallest absolute Gasteiger partial charge is 1.00 e. The van der Waals surface area contributed by atoms with E-state index in [4.69, 9.17) is 4.55 Å². The van der Waals surface area contributed by atoms with E-state index in [1.165, 1.54) is 0 Å². The van der Waals surface area contributed by atoms with Crippen LogP contribution in [0.3, 0.4) is 0 Å². The number of aryl methyl sites for hydroxylation is 1. The van der Waals surface area contributed by atoms with Crippen LogP contribution < -0.4 is 29.6 Å². The van der Waals surface area contributed by atoms with Crippen LogP contribution in [0.2, 0.25) is 0 Å². The van der Waals surface area contributed by atoms with Gasteiger partial charge in [-0.2, -0.15) is 17.2 Å². The van der Waals surface area contributed by atoms with Crippen molar-refractivity contribution in [2.24, 2.45) is 0 Å². The molecule has 1 N–H and O–H groups in total. The summed E-state index contributed by atoms with van der Waals surface area (Å²) in [5.41, 5.74) is 1.41. The van der Waals surface area contributed by atoms with Crippen molar-refractivity contribution in [3.63, 3.8) is 0 Å². The quantitative estimate of drug-likeness (QED) is 0.602. The van der Waals surface area contributed by atoms with E-state index in [0.717, 1.165) is 5.56 Å². The van der Waals surface area contributed by atoms with Crippen LogP contribution >= 0.6 is 0 Å². The van der Waals surface area contributed by atoms with Gasteiger partial charge in [-0.15, -0.1) is 0 Å². The normalized spacial score (nSPS) is 13.4. The number of rotatable bonds is 6. The largest absolute Gasteiger partial charge is 1.00 e. The Morgan fingerprint density at radius 3 is 2.25 bits per heavy atom. The van der Waals surface area contributed by atoms with Gasteiger partial charge in [-0.05, 0) is 24.0 Å². The van der Waals surface area contributed by atoms with Gasteiger partial charge < -0.3 is 1.43 Å². The first-order chi connectivity index (χ1) is 8.68. The van der Waals surface area contributed by atoms with Crippen LogP contribution in [0.5, 0.6) is 0 Å². The molecule has 0 aliphatic rings. The second-order valence-electron chi connectivity index (χ2n) is 3.99. The molecule has 0 radical (unpaired) electrons. The second kappa shape index (κ2) is 7.61. The fourth-order valence-electron chi connectivity index (χ4n) is 1.44. The molecule has 0 saturated heterocycles. The predicted molar refractivity (Wildman–Crippen MR) is 67.4 cm³/mol. The molecule has 0 aromatic heterocycles. The van der Waals surface area contributed by atoms with E-state index in [1.807, 2.05) is 0 Å². The van der Waals surface area contributed by atoms with Crippen LogP contribution in [0.4, 0.5) is 13.2 Å². The van der Waals surface area contributed by atoms with E-state index in [-0.39, 0.29) is 37.4 Å². The van der Waals surface area contributed by atoms with Gasteiger partial charge in [-0.1, -0.05) is 36.9 Å². The summed E-state index contributed by atoms with van der Waals surface area (Å²) in [6.45, 7) is 3.54. The summed E-state index contributed by atoms with van der Waals surface area (Å²) in [5.74, 6) is 0. The van der Waals surface area contributed by atoms with E-state index in [1.54, 1.807) is 30.3 Å². The van der Waals surface area contributed by atoms with Crippen molar-refractivity contribution in [3.05, 3.63) is 42.0 Å². The fraction of sp³-hybridized carbons (Fsp3) is 0.333. The molecule has 1 aromatic carbocycles. The molecule has 8 heteroatoms. The van der Waals surface area contributed by atoms with Crippen molar-refractivity contribution in [2.45, 2.75) is 24.3 Å². The molecule has 0 aliphatic heterocycles. The Morgan fingerprint density at radius 1 is 1.35 bits per heavy atom. The Balaban J connectivity index is 0. The molecular weight excluding hydrogens is 304 g/mol. The Labute approximate surface area is 139 Å². The summed E-state index contributed by atoms with van der Waals surface area (Å²) >= 11 is 0. The predicted octanol–water partition coefficient (Wildman–Crippen LogP) is 0.197. The van der Waals surface area contributed by atoms with E-state index in [0.29, 0.717) is 5.56 Å². The molecule has 1 unspecified atom stereocenters. The number of hydrogen-bond donors (Lipinski definition) is 1. The van der Waals surface area contributed by atoms with Crippen molar-refractivity contribution >= 4 is 16.2 Å². The molecule has 1 aromatic rings. The van der Waals surface area contributed by atoms with Gasteiger partial charge in [0.1, 0.15) is 0 Å². The first-order valence-electron chi connectivity index (χ1n) is 5.38. The average molecular weight is 318 g/mol. The topological polar surface area (TPSA) is 54.4 Å². The maximum Gasteiger partial charge on any atom is 1.00 e. The SMILES string of the molecule is C=Cc1ccc(CCC(F)C(F)(F)S(=O)(=O)O)cc1.[H-].[Na+]. The van der Waals surface area contributed by atoms with Gasteiger partial charge in [0, 0.05) is 0 Å². The summed E-state index contributed by atoms with van der Waals surface area (Å²) in [6, 6.07) is 6.57. The summed E-state index contributed by atoms with van der Waals surface area (Å²) in [5, 5.41) is -4.78. The third kappa shape index (κ3) is 4.89. The number of benzene rings is 1. The van der Waals surface area contributed by atoms with Crippen LogP contribution in [-0.2, 0) is 16.5 Å². The molecule has 0 bridgehead atoms. The maximum atomic E-state index is 13.2. The molecule has 0 aliphatic carbocycles. The van der Waals surface area contributed by atoms with Crippen LogP contribution in [0, 0.1) is 0 Å². The molecule has 0 heterocycles. The van der Waals surface area contributed by atoms with Crippen LogP contribution in [-0.4, -0.2) is 24.4 Å². The zero-order chi connectivity index (χ0) is 14.7. The summed E-state index contributed by atoms with van der Waals surface area (Å²) in [4.78, 5) is 0. The molecule has 0 amide bonds. The zero-order valence-electron chi connectivity index (χ0n) is 11.9.